The molecule has 0 saturated carbocycles. The molecule has 1 unspecified atom stereocenters. The van der Waals surface area contributed by atoms with Gasteiger partial charge < -0.3 is 23.8 Å². The van der Waals surface area contributed by atoms with E-state index in [4.69, 9.17) is 14.2 Å². The molecule has 1 aliphatic heterocycles. The molecule has 1 amide bonds. The van der Waals surface area contributed by atoms with Crippen molar-refractivity contribution in [2.24, 2.45) is 0 Å². The van der Waals surface area contributed by atoms with Gasteiger partial charge in [-0.15, -0.1) is 11.8 Å². The maximum Gasteiger partial charge on any atom is 0.325 e. The standard InChI is InChI=1S/C15H19NO6S/c1-19-9-5-10(20-2)14(11(6-9)21-3)15-16(7-13(18)22-4)12(17)8-23-15/h5-6,15H,7-8H2,1-4H3. The average molecular weight is 341 g/mol. The number of esters is 1. The molecule has 8 heteroatoms. The minimum atomic E-state index is -0.475. The van der Waals surface area contributed by atoms with Crippen LogP contribution >= 0.6 is 11.8 Å². The van der Waals surface area contributed by atoms with E-state index >= 15 is 0 Å². The number of nitrogens with zero attached hydrogens (tertiary/aromatic N) is 1. The van der Waals surface area contributed by atoms with Crippen molar-refractivity contribution in [3.8, 4) is 17.2 Å². The quantitative estimate of drug-likeness (QED) is 0.725. The summed E-state index contributed by atoms with van der Waals surface area (Å²) in [5.74, 6) is 1.31. The number of amides is 1. The van der Waals surface area contributed by atoms with Gasteiger partial charge in [-0.05, 0) is 0 Å². The molecule has 0 spiro atoms. The molecule has 0 aromatic heterocycles. The molecule has 1 aliphatic rings. The van der Waals surface area contributed by atoms with Crippen LogP contribution in [-0.2, 0) is 14.3 Å². The molecule has 1 saturated heterocycles. The molecule has 2 rings (SSSR count). The Morgan fingerprint density at radius 1 is 1.17 bits per heavy atom. The molecule has 1 aromatic rings. The number of thioether (sulfide) groups is 1. The Labute approximate surface area is 138 Å². The summed E-state index contributed by atoms with van der Waals surface area (Å²) in [6, 6.07) is 3.44. The van der Waals surface area contributed by atoms with Crippen molar-refractivity contribution >= 4 is 23.6 Å². The van der Waals surface area contributed by atoms with E-state index in [1.807, 2.05) is 0 Å². The van der Waals surface area contributed by atoms with Crippen LogP contribution in [0.5, 0.6) is 17.2 Å². The molecule has 1 atom stereocenters. The van der Waals surface area contributed by atoms with Gasteiger partial charge in [0.2, 0.25) is 5.91 Å². The minimum absolute atomic E-state index is 0.120. The first kappa shape index (κ1) is 17.3. The number of methoxy groups -OCH3 is 4. The molecular formula is C15H19NO6S. The second kappa shape index (κ2) is 7.45. The zero-order valence-corrected chi connectivity index (χ0v) is 14.3. The Kier molecular flexibility index (Phi) is 5.59. The fraction of sp³-hybridized carbons (Fsp3) is 0.467. The van der Waals surface area contributed by atoms with E-state index in [0.717, 1.165) is 0 Å². The Bertz CT molecular complexity index is 581. The SMILES string of the molecule is COC(=O)CN1C(=O)CSC1c1c(OC)cc(OC)cc1OC. The van der Waals surface area contributed by atoms with Gasteiger partial charge in [-0.25, -0.2) is 0 Å². The van der Waals surface area contributed by atoms with Gasteiger partial charge in [0.15, 0.2) is 0 Å². The summed E-state index contributed by atoms with van der Waals surface area (Å²) >= 11 is 1.40. The molecule has 23 heavy (non-hydrogen) atoms. The van der Waals surface area contributed by atoms with E-state index < -0.39 is 11.3 Å². The van der Waals surface area contributed by atoms with Crippen LogP contribution in [0.3, 0.4) is 0 Å². The van der Waals surface area contributed by atoms with E-state index in [1.165, 1.54) is 38.0 Å². The van der Waals surface area contributed by atoms with E-state index in [0.29, 0.717) is 22.8 Å². The number of carbonyl (C=O) groups is 2. The zero-order chi connectivity index (χ0) is 17.0. The number of hydrogen-bond acceptors (Lipinski definition) is 7. The lowest BCUT2D eigenvalue weighted by Crippen LogP contribution is -2.34. The van der Waals surface area contributed by atoms with E-state index in [2.05, 4.69) is 4.74 Å². The fourth-order valence-corrected chi connectivity index (χ4v) is 3.58. The van der Waals surface area contributed by atoms with Gasteiger partial charge in [-0.2, -0.15) is 0 Å². The fourth-order valence-electron chi connectivity index (χ4n) is 2.34. The maximum atomic E-state index is 12.1. The predicted octanol–water partition coefficient (Wildman–Crippen LogP) is 1.46. The van der Waals surface area contributed by atoms with Gasteiger partial charge >= 0.3 is 5.97 Å². The molecule has 126 valence electrons. The third-order valence-corrected chi connectivity index (χ3v) is 4.71. The number of rotatable bonds is 6. The monoisotopic (exact) mass is 341 g/mol. The Morgan fingerprint density at radius 2 is 1.78 bits per heavy atom. The van der Waals surface area contributed by atoms with Crippen molar-refractivity contribution < 1.29 is 28.5 Å². The lowest BCUT2D eigenvalue weighted by Gasteiger charge is -2.26. The lowest BCUT2D eigenvalue weighted by molar-refractivity contribution is -0.146. The van der Waals surface area contributed by atoms with Gasteiger partial charge in [0.1, 0.15) is 29.2 Å². The largest absolute Gasteiger partial charge is 0.496 e. The molecule has 1 heterocycles. The van der Waals surface area contributed by atoms with Crippen molar-refractivity contribution in [2.75, 3.05) is 40.7 Å². The van der Waals surface area contributed by atoms with Gasteiger partial charge in [-0.3, -0.25) is 9.59 Å². The Morgan fingerprint density at radius 3 is 2.26 bits per heavy atom. The average Bonchev–Trinajstić information content (AvgIpc) is 2.93. The van der Waals surface area contributed by atoms with Crippen molar-refractivity contribution in [3.63, 3.8) is 0 Å². The maximum absolute atomic E-state index is 12.1. The highest BCUT2D eigenvalue weighted by Gasteiger charge is 2.38. The van der Waals surface area contributed by atoms with Crippen LogP contribution in [-0.4, -0.2) is 57.5 Å². The van der Waals surface area contributed by atoms with Crippen LogP contribution in [0.2, 0.25) is 0 Å². The first-order valence-corrected chi connectivity index (χ1v) is 7.88. The predicted molar refractivity (Wildman–Crippen MR) is 85.0 cm³/mol. The summed E-state index contributed by atoms with van der Waals surface area (Å²) < 4.78 is 20.8. The van der Waals surface area contributed by atoms with Crippen molar-refractivity contribution in [3.05, 3.63) is 17.7 Å². The summed E-state index contributed by atoms with van der Waals surface area (Å²) in [6.07, 6.45) is 0. The highest BCUT2D eigenvalue weighted by Crippen LogP contribution is 2.48. The van der Waals surface area contributed by atoms with Gasteiger partial charge in [0.25, 0.3) is 0 Å². The normalized spacial score (nSPS) is 17.1. The zero-order valence-electron chi connectivity index (χ0n) is 13.5. The van der Waals surface area contributed by atoms with Crippen molar-refractivity contribution in [2.45, 2.75) is 5.37 Å². The van der Waals surface area contributed by atoms with E-state index in [9.17, 15) is 9.59 Å². The summed E-state index contributed by atoms with van der Waals surface area (Å²) in [5.41, 5.74) is 0.690. The lowest BCUT2D eigenvalue weighted by atomic mass is 10.1. The van der Waals surface area contributed by atoms with Crippen molar-refractivity contribution in [1.82, 2.24) is 4.90 Å². The Balaban J connectivity index is 2.46. The molecule has 0 radical (unpaired) electrons. The number of hydrogen-bond donors (Lipinski definition) is 0. The van der Waals surface area contributed by atoms with Crippen molar-refractivity contribution in [1.29, 1.82) is 0 Å². The van der Waals surface area contributed by atoms with Gasteiger partial charge in [0.05, 0.1) is 39.8 Å². The second-order valence-electron chi connectivity index (χ2n) is 4.71. The van der Waals surface area contributed by atoms with E-state index in [-0.39, 0.29) is 18.2 Å². The third kappa shape index (κ3) is 3.47. The summed E-state index contributed by atoms with van der Waals surface area (Å²) in [6.45, 7) is -0.120. The Hall–Kier alpha value is -2.09. The van der Waals surface area contributed by atoms with Crippen LogP contribution in [0, 0.1) is 0 Å². The smallest absolute Gasteiger partial charge is 0.325 e. The highest BCUT2D eigenvalue weighted by atomic mass is 32.2. The molecule has 0 bridgehead atoms. The number of ether oxygens (including phenoxy) is 4. The van der Waals surface area contributed by atoms with E-state index in [1.54, 1.807) is 19.2 Å². The summed E-state index contributed by atoms with van der Waals surface area (Å²) in [4.78, 5) is 25.2. The topological polar surface area (TPSA) is 74.3 Å². The summed E-state index contributed by atoms with van der Waals surface area (Å²) in [7, 11) is 5.90. The van der Waals surface area contributed by atoms with Crippen LogP contribution < -0.4 is 14.2 Å². The minimum Gasteiger partial charge on any atom is -0.496 e. The van der Waals surface area contributed by atoms with Crippen LogP contribution in [0.25, 0.3) is 0 Å². The van der Waals surface area contributed by atoms with Crippen LogP contribution in [0.1, 0.15) is 10.9 Å². The summed E-state index contributed by atoms with van der Waals surface area (Å²) in [5, 5.41) is -0.391. The number of benzene rings is 1. The molecule has 0 N–H and O–H groups in total. The molecule has 0 aliphatic carbocycles. The molecule has 1 aromatic carbocycles. The molecular weight excluding hydrogens is 322 g/mol. The van der Waals surface area contributed by atoms with Gasteiger partial charge in [-0.1, -0.05) is 0 Å². The first-order valence-electron chi connectivity index (χ1n) is 6.83. The van der Waals surface area contributed by atoms with Crippen LogP contribution in [0.15, 0.2) is 12.1 Å². The highest BCUT2D eigenvalue weighted by molar-refractivity contribution is 8.00. The third-order valence-electron chi connectivity index (χ3n) is 3.50. The molecule has 1 fully saturated rings. The van der Waals surface area contributed by atoms with Gasteiger partial charge in [0, 0.05) is 12.1 Å². The second-order valence-corrected chi connectivity index (χ2v) is 5.78. The van der Waals surface area contributed by atoms with Crippen LogP contribution in [0.4, 0.5) is 0 Å². The molecule has 7 nitrogen and oxygen atoms in total. The first-order chi connectivity index (χ1) is 11.0. The number of carbonyl (C=O) groups excluding carboxylic acids is 2.